The minimum Gasteiger partial charge on any atom is -0.461 e. The van der Waals surface area contributed by atoms with E-state index in [1.54, 1.807) is 0 Å². The van der Waals surface area contributed by atoms with Crippen molar-refractivity contribution in [1.82, 2.24) is 4.90 Å². The van der Waals surface area contributed by atoms with Gasteiger partial charge in [-0.25, -0.2) is 4.79 Å². The minimum absolute atomic E-state index is 0.0440. The fourth-order valence-electron chi connectivity index (χ4n) is 9.90. The number of likely N-dealkylation sites (tertiary alicyclic amines) is 1. The molecule has 2 aromatic carbocycles. The highest BCUT2D eigenvalue weighted by molar-refractivity contribution is 5.86. The number of carbonyl (C=O) groups is 3. The van der Waals surface area contributed by atoms with Crippen LogP contribution in [0, 0.1) is 5.41 Å². The fraction of sp³-hybridized carbons (Fsp3) is 0.605. The van der Waals surface area contributed by atoms with Crippen LogP contribution in [0.1, 0.15) is 81.8 Å². The van der Waals surface area contributed by atoms with Crippen molar-refractivity contribution in [1.29, 1.82) is 0 Å². The summed E-state index contributed by atoms with van der Waals surface area (Å²) in [5.41, 5.74) is -0.0116. The van der Waals surface area contributed by atoms with Crippen molar-refractivity contribution in [2.75, 3.05) is 40.0 Å². The minimum atomic E-state index is -1.60. The van der Waals surface area contributed by atoms with Gasteiger partial charge in [0, 0.05) is 58.0 Å². The Morgan fingerprint density at radius 3 is 2.11 bits per heavy atom. The molecule has 7 rings (SSSR count). The number of hydrogen-bond donors (Lipinski definition) is 0. The topological polar surface area (TPSA) is 91.4 Å². The maximum absolute atomic E-state index is 14.5. The third-order valence-electron chi connectivity index (χ3n) is 12.0. The number of nitrogens with zero attached hydrogens (tertiary/aromatic N) is 2. The van der Waals surface area contributed by atoms with E-state index in [9.17, 15) is 14.4 Å². The van der Waals surface area contributed by atoms with Crippen LogP contribution in [0.5, 0.6) is 0 Å². The van der Waals surface area contributed by atoms with Crippen molar-refractivity contribution < 1.29 is 37.8 Å². The van der Waals surface area contributed by atoms with Crippen LogP contribution in [-0.2, 0) is 38.9 Å². The summed E-state index contributed by atoms with van der Waals surface area (Å²) in [5, 5.41) is 0. The van der Waals surface area contributed by atoms with E-state index in [1.807, 2.05) is 67.7 Å². The Morgan fingerprint density at radius 2 is 1.51 bits per heavy atom. The highest BCUT2D eigenvalue weighted by Crippen LogP contribution is 2.70. The molecule has 2 spiro atoms. The van der Waals surface area contributed by atoms with Crippen LogP contribution < -0.4 is 0 Å². The predicted octanol–water partition coefficient (Wildman–Crippen LogP) is 5.10. The Bertz CT molecular complexity index is 1390. The lowest BCUT2D eigenvalue weighted by atomic mass is 9.51. The first-order valence-corrected chi connectivity index (χ1v) is 17.7. The zero-order valence-corrected chi connectivity index (χ0v) is 27.6. The third kappa shape index (κ3) is 5.89. The van der Waals surface area contributed by atoms with Crippen LogP contribution in [0.4, 0.5) is 0 Å². The number of benzene rings is 2. The molecule has 252 valence electrons. The van der Waals surface area contributed by atoms with E-state index in [2.05, 4.69) is 4.90 Å². The van der Waals surface area contributed by atoms with E-state index in [0.717, 1.165) is 38.4 Å². The van der Waals surface area contributed by atoms with E-state index >= 15 is 0 Å². The number of likely N-dealkylation sites (N-methyl/N-ethyl adjacent to an activating group) is 1. The number of fused-ring (bicyclic) bond motifs is 2. The normalized spacial score (nSPS) is 29.0. The van der Waals surface area contributed by atoms with Crippen molar-refractivity contribution in [3.63, 3.8) is 0 Å². The summed E-state index contributed by atoms with van der Waals surface area (Å²) in [6.45, 7) is 3.83. The van der Waals surface area contributed by atoms with Gasteiger partial charge in [-0.3, -0.25) is 9.59 Å². The van der Waals surface area contributed by atoms with Crippen molar-refractivity contribution in [2.24, 2.45) is 5.41 Å². The van der Waals surface area contributed by atoms with Crippen molar-refractivity contribution in [3.05, 3.63) is 71.8 Å². The summed E-state index contributed by atoms with van der Waals surface area (Å²) in [5.74, 6) is -1.14. The quantitative estimate of drug-likeness (QED) is 0.0978. The summed E-state index contributed by atoms with van der Waals surface area (Å²) in [6.07, 6.45) is 9.07. The molecule has 0 radical (unpaired) electrons. The summed E-state index contributed by atoms with van der Waals surface area (Å²) < 4.78 is 25.2. The Kier molecular flexibility index (Phi) is 9.15. The lowest BCUT2D eigenvalue weighted by molar-refractivity contribution is -1.04. The Balaban J connectivity index is 0.994. The molecule has 5 unspecified atom stereocenters. The molecule has 0 aromatic heterocycles. The summed E-state index contributed by atoms with van der Waals surface area (Å²) in [7, 11) is 2.02. The average molecular weight is 646 g/mol. The first-order chi connectivity index (χ1) is 22.9. The van der Waals surface area contributed by atoms with Gasteiger partial charge in [-0.2, -0.15) is 0 Å². The maximum Gasteiger partial charge on any atom is 0.348 e. The van der Waals surface area contributed by atoms with Crippen LogP contribution in [0.2, 0.25) is 0 Å². The van der Waals surface area contributed by atoms with Crippen LogP contribution >= 0.6 is 0 Å². The molecule has 9 nitrogen and oxygen atoms in total. The first-order valence-electron chi connectivity index (χ1n) is 17.7. The first kappa shape index (κ1) is 32.3. The molecule has 0 amide bonds. The number of hydrogen-bond acceptors (Lipinski definition) is 8. The molecule has 2 aromatic rings. The zero-order valence-electron chi connectivity index (χ0n) is 27.6. The number of unbranched alkanes of at least 4 members (excludes halogenated alkanes) is 1. The Hall–Kier alpha value is -3.27. The lowest BCUT2D eigenvalue weighted by Crippen LogP contribution is -2.84. The lowest BCUT2D eigenvalue weighted by Gasteiger charge is -2.71. The van der Waals surface area contributed by atoms with Gasteiger partial charge in [-0.15, -0.1) is 0 Å². The molecule has 5 fully saturated rings. The predicted molar refractivity (Wildman–Crippen MR) is 174 cm³/mol. The number of ether oxygens (including phenoxy) is 4. The number of rotatable bonds is 13. The van der Waals surface area contributed by atoms with E-state index in [1.165, 1.54) is 43.3 Å². The monoisotopic (exact) mass is 645 g/mol. The molecule has 0 bridgehead atoms. The molecule has 3 aliphatic heterocycles. The number of quaternary nitrogens is 1. The summed E-state index contributed by atoms with van der Waals surface area (Å²) in [4.78, 5) is 41.6. The molecule has 3 heterocycles. The average Bonchev–Trinajstić information content (AvgIpc) is 3.81. The van der Waals surface area contributed by atoms with E-state index in [0.29, 0.717) is 35.4 Å². The van der Waals surface area contributed by atoms with Gasteiger partial charge in [0.1, 0.15) is 24.3 Å². The second kappa shape index (κ2) is 13.3. The molecule has 47 heavy (non-hydrogen) atoms. The standard InChI is InChI=1S/C38H49N2O7/c1-39-21-19-30(26-39)46-35(42)17-9-8-16-34(41)44-27-45-38(28-12-4-2-5-13-28,29-14-6-3-7-15-29)36(43)47-31-24-33-37(25-31)20-18-32(37)40(33)22-10-11-23-40/h2-7,12-15,30-33H,8-11,16-27H2,1H3/q+1. The SMILES string of the molecule is CN1CCC(OC(=O)CCCCC(=O)OCOC(C(=O)OC2CC3C4(CCC4[N+]34CCCC4)C2)(c2ccccc2)c2ccccc2)C1. The molecular weight excluding hydrogens is 596 g/mol. The second-order valence-corrected chi connectivity index (χ2v) is 14.6. The smallest absolute Gasteiger partial charge is 0.348 e. The molecular formula is C38H49N2O7+. The highest BCUT2D eigenvalue weighted by Gasteiger charge is 2.80. The van der Waals surface area contributed by atoms with Gasteiger partial charge < -0.3 is 28.3 Å². The largest absolute Gasteiger partial charge is 0.461 e. The van der Waals surface area contributed by atoms with Gasteiger partial charge in [0.15, 0.2) is 6.79 Å². The second-order valence-electron chi connectivity index (χ2n) is 14.6. The van der Waals surface area contributed by atoms with E-state index < -0.39 is 24.3 Å². The van der Waals surface area contributed by atoms with Gasteiger partial charge in [0.05, 0.1) is 18.5 Å². The molecule has 5 atom stereocenters. The van der Waals surface area contributed by atoms with Gasteiger partial charge in [0.2, 0.25) is 5.60 Å². The van der Waals surface area contributed by atoms with Gasteiger partial charge in [-0.05, 0) is 43.9 Å². The molecule has 5 aliphatic rings. The number of carbonyl (C=O) groups excluding carboxylic acids is 3. The number of esters is 3. The molecule has 2 aliphatic carbocycles. The fourth-order valence-corrected chi connectivity index (χ4v) is 9.90. The summed E-state index contributed by atoms with van der Waals surface area (Å²) in [6, 6.07) is 20.1. The van der Waals surface area contributed by atoms with Crippen LogP contribution in [0.25, 0.3) is 0 Å². The van der Waals surface area contributed by atoms with E-state index in [4.69, 9.17) is 18.9 Å². The molecule has 2 saturated carbocycles. The van der Waals surface area contributed by atoms with Crippen LogP contribution in [0.15, 0.2) is 60.7 Å². The van der Waals surface area contributed by atoms with Gasteiger partial charge in [0.25, 0.3) is 0 Å². The van der Waals surface area contributed by atoms with Crippen LogP contribution in [0.3, 0.4) is 0 Å². The van der Waals surface area contributed by atoms with Crippen LogP contribution in [-0.4, -0.2) is 91.6 Å². The molecule has 9 heteroatoms. The molecule has 3 saturated heterocycles. The van der Waals surface area contributed by atoms with Crippen molar-refractivity contribution in [2.45, 2.75) is 101 Å². The summed E-state index contributed by atoms with van der Waals surface area (Å²) >= 11 is 0. The Labute approximate surface area is 278 Å². The van der Waals surface area contributed by atoms with Gasteiger partial charge >= 0.3 is 17.9 Å². The van der Waals surface area contributed by atoms with Crippen molar-refractivity contribution >= 4 is 17.9 Å². The van der Waals surface area contributed by atoms with Crippen molar-refractivity contribution in [3.8, 4) is 0 Å². The molecule has 0 N–H and O–H groups in total. The van der Waals surface area contributed by atoms with E-state index in [-0.39, 0.29) is 31.0 Å². The van der Waals surface area contributed by atoms with Gasteiger partial charge in [-0.1, -0.05) is 60.7 Å². The Morgan fingerprint density at radius 1 is 0.851 bits per heavy atom. The zero-order chi connectivity index (χ0) is 32.5. The number of piperidine rings is 1. The maximum atomic E-state index is 14.5. The highest BCUT2D eigenvalue weighted by atomic mass is 16.7. The third-order valence-corrected chi connectivity index (χ3v) is 12.0.